The zero-order valence-electron chi connectivity index (χ0n) is 12.2. The molecule has 0 aliphatic rings. The number of amides is 2. The number of urea groups is 1. The van der Waals surface area contributed by atoms with Crippen LogP contribution < -0.4 is 10.2 Å². The average molecular weight is 294 g/mol. The highest BCUT2D eigenvalue weighted by Gasteiger charge is 2.18. The molecule has 0 aromatic heterocycles. The fourth-order valence-electron chi connectivity index (χ4n) is 1.89. The number of nitrogens with zero attached hydrogens (tertiary/aromatic N) is 1. The zero-order chi connectivity index (χ0) is 15.7. The Morgan fingerprint density at radius 3 is 2.38 bits per heavy atom. The van der Waals surface area contributed by atoms with E-state index in [1.54, 1.807) is 0 Å². The summed E-state index contributed by atoms with van der Waals surface area (Å²) in [6.45, 7) is 2.20. The maximum absolute atomic E-state index is 12.1. The van der Waals surface area contributed by atoms with Gasteiger partial charge in [0, 0.05) is 12.2 Å². The Balaban J connectivity index is 2.62. The molecule has 0 heterocycles. The monoisotopic (exact) mass is 294 g/mol. The van der Waals surface area contributed by atoms with E-state index < -0.39 is 18.5 Å². The van der Waals surface area contributed by atoms with E-state index in [1.165, 1.54) is 24.3 Å². The van der Waals surface area contributed by atoms with E-state index in [-0.39, 0.29) is 5.75 Å². The van der Waals surface area contributed by atoms with Crippen LogP contribution in [0.5, 0.6) is 5.75 Å². The molecule has 0 radical (unpaired) electrons. The fourth-order valence-corrected chi connectivity index (χ4v) is 1.89. The number of phenolic OH excluding ortho intramolecular Hbond substituents is 1. The lowest BCUT2D eigenvalue weighted by Gasteiger charge is -2.21. The van der Waals surface area contributed by atoms with Gasteiger partial charge in [-0.25, -0.2) is 4.79 Å². The largest absolute Gasteiger partial charge is 0.508 e. The van der Waals surface area contributed by atoms with Crippen LogP contribution in [0.15, 0.2) is 24.3 Å². The van der Waals surface area contributed by atoms with E-state index in [9.17, 15) is 14.7 Å². The molecular weight excluding hydrogens is 272 g/mol. The molecule has 21 heavy (non-hydrogen) atoms. The van der Waals surface area contributed by atoms with Crippen LogP contribution in [-0.2, 0) is 4.79 Å². The first kappa shape index (κ1) is 16.8. The first-order chi connectivity index (χ1) is 10.0. The maximum Gasteiger partial charge on any atom is 0.323 e. The summed E-state index contributed by atoms with van der Waals surface area (Å²) in [5.74, 6) is -1.03. The van der Waals surface area contributed by atoms with Gasteiger partial charge < -0.3 is 15.5 Å². The molecule has 6 nitrogen and oxygen atoms in total. The first-order valence-electron chi connectivity index (χ1n) is 7.10. The average Bonchev–Trinajstić information content (AvgIpc) is 2.45. The number of carbonyl (C=O) groups is 2. The molecule has 0 bridgehead atoms. The SMILES string of the molecule is CCCCCCNC(=O)N(CC(=O)O)c1ccc(O)cc1. The summed E-state index contributed by atoms with van der Waals surface area (Å²) in [6.07, 6.45) is 4.14. The van der Waals surface area contributed by atoms with Crippen molar-refractivity contribution in [2.75, 3.05) is 18.0 Å². The number of hydrogen-bond acceptors (Lipinski definition) is 3. The predicted octanol–water partition coefficient (Wildman–Crippen LogP) is 2.57. The third kappa shape index (κ3) is 6.16. The van der Waals surface area contributed by atoms with Crippen LogP contribution in [-0.4, -0.2) is 35.3 Å². The molecule has 0 saturated carbocycles. The molecule has 0 fully saturated rings. The van der Waals surface area contributed by atoms with Crippen LogP contribution in [0.25, 0.3) is 0 Å². The molecule has 1 rings (SSSR count). The number of carboxylic acids is 1. The summed E-state index contributed by atoms with van der Waals surface area (Å²) in [5, 5.41) is 20.9. The molecule has 1 aromatic rings. The smallest absolute Gasteiger partial charge is 0.323 e. The highest BCUT2D eigenvalue weighted by Crippen LogP contribution is 2.18. The van der Waals surface area contributed by atoms with Crippen molar-refractivity contribution in [2.24, 2.45) is 0 Å². The molecule has 3 N–H and O–H groups in total. The topological polar surface area (TPSA) is 89.9 Å². The van der Waals surface area contributed by atoms with Gasteiger partial charge in [0.2, 0.25) is 0 Å². The van der Waals surface area contributed by atoms with Crippen LogP contribution in [0, 0.1) is 0 Å². The van der Waals surface area contributed by atoms with Crippen molar-refractivity contribution in [1.82, 2.24) is 5.32 Å². The van der Waals surface area contributed by atoms with E-state index in [0.29, 0.717) is 12.2 Å². The second-order valence-corrected chi connectivity index (χ2v) is 4.79. The minimum Gasteiger partial charge on any atom is -0.508 e. The molecule has 0 aliphatic carbocycles. The van der Waals surface area contributed by atoms with Gasteiger partial charge in [-0.2, -0.15) is 0 Å². The van der Waals surface area contributed by atoms with Crippen LogP contribution in [0.2, 0.25) is 0 Å². The third-order valence-electron chi connectivity index (χ3n) is 3.01. The zero-order valence-corrected chi connectivity index (χ0v) is 12.2. The minimum atomic E-state index is -1.09. The van der Waals surface area contributed by atoms with Gasteiger partial charge in [0.05, 0.1) is 0 Å². The molecule has 0 unspecified atom stereocenters. The van der Waals surface area contributed by atoms with E-state index in [1.807, 2.05) is 0 Å². The number of phenols is 1. The number of carboxylic acid groups (broad SMARTS) is 1. The second-order valence-electron chi connectivity index (χ2n) is 4.79. The molecule has 0 spiro atoms. The Bertz CT molecular complexity index is 459. The van der Waals surface area contributed by atoms with Crippen molar-refractivity contribution >= 4 is 17.7 Å². The van der Waals surface area contributed by atoms with Gasteiger partial charge in [-0.15, -0.1) is 0 Å². The van der Waals surface area contributed by atoms with Gasteiger partial charge in [-0.3, -0.25) is 9.69 Å². The van der Waals surface area contributed by atoms with Crippen LogP contribution >= 0.6 is 0 Å². The van der Waals surface area contributed by atoms with E-state index in [2.05, 4.69) is 12.2 Å². The molecule has 0 saturated heterocycles. The Hall–Kier alpha value is -2.24. The number of aromatic hydroxyl groups is 1. The van der Waals surface area contributed by atoms with Crippen molar-refractivity contribution in [2.45, 2.75) is 32.6 Å². The number of rotatable bonds is 8. The fraction of sp³-hybridized carbons (Fsp3) is 0.467. The number of anilines is 1. The molecule has 0 aliphatic heterocycles. The third-order valence-corrected chi connectivity index (χ3v) is 3.01. The normalized spacial score (nSPS) is 10.1. The van der Waals surface area contributed by atoms with E-state index in [4.69, 9.17) is 5.11 Å². The van der Waals surface area contributed by atoms with E-state index in [0.717, 1.165) is 30.6 Å². The highest BCUT2D eigenvalue weighted by atomic mass is 16.4. The molecule has 2 amide bonds. The van der Waals surface area contributed by atoms with Crippen molar-refractivity contribution in [3.63, 3.8) is 0 Å². The van der Waals surface area contributed by atoms with Gasteiger partial charge in [0.25, 0.3) is 0 Å². The number of nitrogens with one attached hydrogen (secondary N) is 1. The summed E-state index contributed by atoms with van der Waals surface area (Å²) < 4.78 is 0. The van der Waals surface area contributed by atoms with Crippen molar-refractivity contribution in [1.29, 1.82) is 0 Å². The number of aliphatic carboxylic acids is 1. The number of unbranched alkanes of at least 4 members (excludes halogenated alkanes) is 3. The Morgan fingerprint density at radius 2 is 1.81 bits per heavy atom. The minimum absolute atomic E-state index is 0.0639. The quantitative estimate of drug-likeness (QED) is 0.643. The van der Waals surface area contributed by atoms with Crippen LogP contribution in [0.1, 0.15) is 32.6 Å². The van der Waals surface area contributed by atoms with Gasteiger partial charge >= 0.3 is 12.0 Å². The Morgan fingerprint density at radius 1 is 1.14 bits per heavy atom. The molecular formula is C15H22N2O4. The lowest BCUT2D eigenvalue weighted by molar-refractivity contribution is -0.135. The standard InChI is InChI=1S/C15H22N2O4/c1-2-3-4-5-10-16-15(21)17(11-14(19)20)12-6-8-13(18)9-7-12/h6-9,18H,2-5,10-11H2,1H3,(H,16,21)(H,19,20). The molecule has 0 atom stereocenters. The van der Waals surface area contributed by atoms with E-state index >= 15 is 0 Å². The lowest BCUT2D eigenvalue weighted by atomic mass is 10.2. The van der Waals surface area contributed by atoms with Crippen LogP contribution in [0.4, 0.5) is 10.5 Å². The summed E-state index contributed by atoms with van der Waals surface area (Å²) in [7, 11) is 0. The lowest BCUT2D eigenvalue weighted by Crippen LogP contribution is -2.43. The molecule has 116 valence electrons. The van der Waals surface area contributed by atoms with Gasteiger partial charge in [-0.1, -0.05) is 26.2 Å². The highest BCUT2D eigenvalue weighted by molar-refractivity contribution is 5.96. The molecule has 6 heteroatoms. The van der Waals surface area contributed by atoms with Crippen LogP contribution in [0.3, 0.4) is 0 Å². The number of benzene rings is 1. The summed E-state index contributed by atoms with van der Waals surface area (Å²) in [4.78, 5) is 24.1. The van der Waals surface area contributed by atoms with Crippen molar-refractivity contribution in [3.8, 4) is 5.75 Å². The Labute approximate surface area is 124 Å². The maximum atomic E-state index is 12.1. The van der Waals surface area contributed by atoms with Crippen molar-refractivity contribution < 1.29 is 19.8 Å². The predicted molar refractivity (Wildman–Crippen MR) is 80.6 cm³/mol. The first-order valence-corrected chi connectivity index (χ1v) is 7.10. The van der Waals surface area contributed by atoms with Gasteiger partial charge in [0.1, 0.15) is 12.3 Å². The van der Waals surface area contributed by atoms with Gasteiger partial charge in [-0.05, 0) is 30.7 Å². The summed E-state index contributed by atoms with van der Waals surface area (Å²) in [5.41, 5.74) is 0.432. The van der Waals surface area contributed by atoms with Gasteiger partial charge in [0.15, 0.2) is 0 Å². The molecule has 1 aromatic carbocycles. The second kappa shape index (κ2) is 8.84. The number of carbonyl (C=O) groups excluding carboxylic acids is 1. The summed E-state index contributed by atoms with van der Waals surface area (Å²) >= 11 is 0. The van der Waals surface area contributed by atoms with Crippen molar-refractivity contribution in [3.05, 3.63) is 24.3 Å². The Kier molecular flexibility index (Phi) is 7.08. The number of hydrogen-bond donors (Lipinski definition) is 3. The summed E-state index contributed by atoms with van der Waals surface area (Å²) in [6, 6.07) is 5.40.